The number of carbonyl (C=O) groups is 3. The Balaban J connectivity index is 2.19. The highest BCUT2D eigenvalue weighted by Gasteiger charge is 2.58. The minimum atomic E-state index is -1.49. The molecule has 168 valence electrons. The Morgan fingerprint density at radius 1 is 0.969 bits per heavy atom. The van der Waals surface area contributed by atoms with Gasteiger partial charge in [-0.05, 0) is 44.0 Å². The third-order valence-corrected chi connectivity index (χ3v) is 5.64. The summed E-state index contributed by atoms with van der Waals surface area (Å²) in [5.74, 6) is -7.58. The highest BCUT2D eigenvalue weighted by molar-refractivity contribution is 6.30. The van der Waals surface area contributed by atoms with E-state index in [1.165, 1.54) is 24.3 Å². The number of carboxylic acid groups (broad SMARTS) is 1. The van der Waals surface area contributed by atoms with Crippen molar-refractivity contribution in [3.8, 4) is 0 Å². The molecular weight excluding hydrogens is 438 g/mol. The summed E-state index contributed by atoms with van der Waals surface area (Å²) in [7, 11) is 0. The van der Waals surface area contributed by atoms with E-state index in [4.69, 9.17) is 16.3 Å². The van der Waals surface area contributed by atoms with Crippen molar-refractivity contribution < 1.29 is 29.2 Å². The van der Waals surface area contributed by atoms with E-state index in [0.29, 0.717) is 16.1 Å². The number of hydrogen-bond donors (Lipinski definition) is 1. The number of carbonyl (C=O) groups excluding carboxylic acids is 2. The zero-order chi connectivity index (χ0) is 23.8. The van der Waals surface area contributed by atoms with Crippen LogP contribution in [0.1, 0.15) is 43.7 Å². The minimum absolute atomic E-state index is 0.162. The maximum atomic E-state index is 13.3. The van der Waals surface area contributed by atoms with E-state index in [1.807, 2.05) is 0 Å². The van der Waals surface area contributed by atoms with Crippen molar-refractivity contribution in [3.05, 3.63) is 74.8 Å². The molecule has 2 aromatic rings. The van der Waals surface area contributed by atoms with Crippen LogP contribution in [0.4, 0.5) is 5.69 Å². The summed E-state index contributed by atoms with van der Waals surface area (Å²) in [6, 6.07) is 11.8. The average Bonchev–Trinajstić information content (AvgIpc) is 3.00. The number of nitro benzene ring substituents is 1. The molecule has 0 aliphatic heterocycles. The Morgan fingerprint density at radius 3 is 1.88 bits per heavy atom. The van der Waals surface area contributed by atoms with E-state index in [1.54, 1.807) is 45.0 Å². The molecule has 1 aliphatic carbocycles. The molecule has 32 heavy (non-hydrogen) atoms. The second-order valence-corrected chi connectivity index (χ2v) is 9.12. The first kappa shape index (κ1) is 23.4. The summed E-state index contributed by atoms with van der Waals surface area (Å²) in [5, 5.41) is 21.4. The lowest BCUT2D eigenvalue weighted by Gasteiger charge is -2.27. The monoisotopic (exact) mass is 459 g/mol. The normalized spacial score (nSPS) is 23.1. The molecule has 4 unspecified atom stereocenters. The molecular formula is C23H22ClNO7. The van der Waals surface area contributed by atoms with Gasteiger partial charge in [0, 0.05) is 29.0 Å². The van der Waals surface area contributed by atoms with Crippen LogP contribution in [0.2, 0.25) is 5.02 Å². The fourth-order valence-corrected chi connectivity index (χ4v) is 4.29. The van der Waals surface area contributed by atoms with Crippen LogP contribution in [0, 0.1) is 22.0 Å². The SMILES string of the molecule is CC(C)(C)OC(=O)C1C(=O)C(C(=O)O)C(c2ccc(Cl)cc2)C1c1ccc([N+](=O)[O-])cc1. The zero-order valence-corrected chi connectivity index (χ0v) is 18.4. The van der Waals surface area contributed by atoms with Crippen LogP contribution in [0.25, 0.3) is 0 Å². The van der Waals surface area contributed by atoms with Crippen molar-refractivity contribution in [2.75, 3.05) is 0 Å². The van der Waals surface area contributed by atoms with Crippen LogP contribution in [-0.4, -0.2) is 33.4 Å². The summed E-state index contributed by atoms with van der Waals surface area (Å²) in [6.07, 6.45) is 0. The number of Topliss-reactive ketones (excluding diaryl/α,β-unsaturated/α-hetero) is 1. The zero-order valence-electron chi connectivity index (χ0n) is 17.7. The van der Waals surface area contributed by atoms with Gasteiger partial charge in [0.2, 0.25) is 0 Å². The summed E-state index contributed by atoms with van der Waals surface area (Å²) >= 11 is 5.98. The summed E-state index contributed by atoms with van der Waals surface area (Å²) in [6.45, 7) is 4.95. The maximum Gasteiger partial charge on any atom is 0.317 e. The number of hydrogen-bond acceptors (Lipinski definition) is 6. The van der Waals surface area contributed by atoms with E-state index in [-0.39, 0.29) is 5.69 Å². The summed E-state index contributed by atoms with van der Waals surface area (Å²) in [4.78, 5) is 49.0. The van der Waals surface area contributed by atoms with Crippen molar-refractivity contribution in [2.45, 2.75) is 38.2 Å². The minimum Gasteiger partial charge on any atom is -0.481 e. The first-order valence-electron chi connectivity index (χ1n) is 9.90. The average molecular weight is 460 g/mol. The van der Waals surface area contributed by atoms with Crippen LogP contribution >= 0.6 is 11.6 Å². The van der Waals surface area contributed by atoms with Gasteiger partial charge in [-0.15, -0.1) is 0 Å². The van der Waals surface area contributed by atoms with Gasteiger partial charge in [-0.3, -0.25) is 24.5 Å². The largest absolute Gasteiger partial charge is 0.481 e. The molecule has 8 nitrogen and oxygen atoms in total. The van der Waals surface area contributed by atoms with E-state index in [2.05, 4.69) is 0 Å². The topological polar surface area (TPSA) is 124 Å². The van der Waals surface area contributed by atoms with Crippen molar-refractivity contribution in [3.63, 3.8) is 0 Å². The predicted octanol–water partition coefficient (Wildman–Crippen LogP) is 4.36. The van der Waals surface area contributed by atoms with Crippen molar-refractivity contribution >= 4 is 35.0 Å². The van der Waals surface area contributed by atoms with E-state index in [0.717, 1.165) is 0 Å². The molecule has 1 aliphatic rings. The number of rotatable bonds is 5. The molecule has 9 heteroatoms. The van der Waals surface area contributed by atoms with E-state index >= 15 is 0 Å². The lowest BCUT2D eigenvalue weighted by Crippen LogP contribution is -2.34. The van der Waals surface area contributed by atoms with Gasteiger partial charge in [0.05, 0.1) is 4.92 Å². The number of benzene rings is 2. The van der Waals surface area contributed by atoms with Crippen molar-refractivity contribution in [2.24, 2.45) is 11.8 Å². The van der Waals surface area contributed by atoms with Crippen LogP contribution in [-0.2, 0) is 19.1 Å². The van der Waals surface area contributed by atoms with E-state index < -0.39 is 51.9 Å². The molecule has 0 spiro atoms. The van der Waals surface area contributed by atoms with Gasteiger partial charge in [-0.1, -0.05) is 35.9 Å². The van der Waals surface area contributed by atoms with Gasteiger partial charge in [0.15, 0.2) is 5.78 Å². The lowest BCUT2D eigenvalue weighted by atomic mass is 9.77. The molecule has 0 amide bonds. The molecule has 3 rings (SSSR count). The van der Waals surface area contributed by atoms with Gasteiger partial charge >= 0.3 is 11.9 Å². The van der Waals surface area contributed by atoms with Gasteiger partial charge in [-0.2, -0.15) is 0 Å². The Bertz CT molecular complexity index is 1060. The lowest BCUT2D eigenvalue weighted by molar-refractivity contribution is -0.384. The molecule has 0 bridgehead atoms. The van der Waals surface area contributed by atoms with Gasteiger partial charge in [-0.25, -0.2) is 0 Å². The van der Waals surface area contributed by atoms with Gasteiger partial charge < -0.3 is 9.84 Å². The van der Waals surface area contributed by atoms with Gasteiger partial charge in [0.1, 0.15) is 17.4 Å². The highest BCUT2D eigenvalue weighted by Crippen LogP contribution is 2.52. The maximum absolute atomic E-state index is 13.3. The number of carboxylic acids is 1. The Labute approximate surface area is 189 Å². The predicted molar refractivity (Wildman–Crippen MR) is 115 cm³/mol. The number of ether oxygens (including phenoxy) is 1. The fourth-order valence-electron chi connectivity index (χ4n) is 4.17. The number of non-ortho nitro benzene ring substituents is 1. The Kier molecular flexibility index (Phi) is 6.37. The number of halogens is 1. The van der Waals surface area contributed by atoms with Crippen LogP contribution < -0.4 is 0 Å². The third-order valence-electron chi connectivity index (χ3n) is 5.39. The quantitative estimate of drug-likeness (QED) is 0.305. The standard InChI is InChI=1S/C23H22ClNO7/c1-23(2,3)32-22(29)19-17(13-6-10-15(11-7-13)25(30)31)16(18(20(19)26)21(27)28)12-4-8-14(24)9-5-12/h4-11,16-19H,1-3H3,(H,27,28). The first-order chi connectivity index (χ1) is 14.9. The second kappa shape index (κ2) is 8.70. The van der Waals surface area contributed by atoms with Crippen molar-refractivity contribution in [1.29, 1.82) is 0 Å². The molecule has 1 N–H and O–H groups in total. The number of nitrogens with zero attached hydrogens (tertiary/aromatic N) is 1. The fraction of sp³-hybridized carbons (Fsp3) is 0.348. The summed E-state index contributed by atoms with van der Waals surface area (Å²) < 4.78 is 5.46. The van der Waals surface area contributed by atoms with E-state index in [9.17, 15) is 29.6 Å². The van der Waals surface area contributed by atoms with Crippen LogP contribution in [0.15, 0.2) is 48.5 Å². The number of nitro groups is 1. The molecule has 0 aromatic heterocycles. The first-order valence-corrected chi connectivity index (χ1v) is 10.3. The molecule has 0 radical (unpaired) electrons. The highest BCUT2D eigenvalue weighted by atomic mass is 35.5. The molecule has 1 fully saturated rings. The smallest absolute Gasteiger partial charge is 0.317 e. The van der Waals surface area contributed by atoms with Crippen LogP contribution in [0.5, 0.6) is 0 Å². The number of ketones is 1. The Morgan fingerprint density at radius 2 is 1.44 bits per heavy atom. The number of esters is 1. The molecule has 2 aromatic carbocycles. The van der Waals surface area contributed by atoms with Gasteiger partial charge in [0.25, 0.3) is 5.69 Å². The third kappa shape index (κ3) is 4.65. The van der Waals surface area contributed by atoms with Crippen molar-refractivity contribution in [1.82, 2.24) is 0 Å². The summed E-state index contributed by atoms with van der Waals surface area (Å²) in [5.41, 5.74) is -0.105. The van der Waals surface area contributed by atoms with Crippen LogP contribution in [0.3, 0.4) is 0 Å². The molecule has 1 saturated carbocycles. The molecule has 4 atom stereocenters. The Hall–Kier alpha value is -3.26. The second-order valence-electron chi connectivity index (χ2n) is 8.68. The molecule has 0 saturated heterocycles. The number of aliphatic carboxylic acids is 1. The molecule has 0 heterocycles.